The first-order valence-electron chi connectivity index (χ1n) is 15.4. The van der Waals surface area contributed by atoms with E-state index in [1.54, 1.807) is 84.9 Å². The maximum atomic E-state index is 13.4. The maximum Gasteiger partial charge on any atom is 0.193 e. The highest BCUT2D eigenvalue weighted by Crippen LogP contribution is 2.34. The van der Waals surface area contributed by atoms with E-state index in [4.69, 9.17) is 9.47 Å². The largest absolute Gasteiger partial charge is 0.508 e. The molecule has 1 N–H and O–H groups in total. The fourth-order valence-electron chi connectivity index (χ4n) is 5.35. The van der Waals surface area contributed by atoms with Crippen molar-refractivity contribution in [3.05, 3.63) is 185 Å². The Labute approximate surface area is 274 Å². The van der Waals surface area contributed by atoms with Gasteiger partial charge in [-0.15, -0.1) is 0 Å². The van der Waals surface area contributed by atoms with Gasteiger partial charge in [-0.25, -0.2) is 0 Å². The molecule has 0 radical (unpaired) electrons. The number of ketones is 2. The smallest absolute Gasteiger partial charge is 0.193 e. The zero-order valence-electron chi connectivity index (χ0n) is 26.4. The van der Waals surface area contributed by atoms with Crippen molar-refractivity contribution in [3.8, 4) is 28.7 Å². The molecule has 5 heteroatoms. The number of hydrogen-bond acceptors (Lipinski definition) is 5. The third-order valence-electron chi connectivity index (χ3n) is 8.28. The van der Waals surface area contributed by atoms with E-state index in [0.29, 0.717) is 39.5 Å². The summed E-state index contributed by atoms with van der Waals surface area (Å²) >= 11 is 0. The highest BCUT2D eigenvalue weighted by molar-refractivity contribution is 6.13. The van der Waals surface area contributed by atoms with Crippen molar-refractivity contribution >= 4 is 11.6 Å². The minimum atomic E-state index is -0.252. The molecule has 0 amide bonds. The molecule has 0 aliphatic carbocycles. The molecule has 0 aromatic heterocycles. The molecule has 0 aliphatic heterocycles. The first kappa shape index (κ1) is 31.1. The fourth-order valence-corrected chi connectivity index (χ4v) is 5.35. The van der Waals surface area contributed by atoms with E-state index in [1.807, 2.05) is 67.6 Å². The van der Waals surface area contributed by atoms with Crippen LogP contribution in [0, 0.1) is 6.92 Å². The second-order valence-electron chi connectivity index (χ2n) is 12.0. The van der Waals surface area contributed by atoms with Gasteiger partial charge in [0.25, 0.3) is 0 Å². The van der Waals surface area contributed by atoms with Crippen LogP contribution in [0.4, 0.5) is 0 Å². The van der Waals surface area contributed by atoms with Crippen molar-refractivity contribution in [2.24, 2.45) is 0 Å². The van der Waals surface area contributed by atoms with Crippen LogP contribution in [0.15, 0.2) is 146 Å². The third-order valence-corrected chi connectivity index (χ3v) is 8.28. The molecule has 0 saturated heterocycles. The van der Waals surface area contributed by atoms with Crippen LogP contribution in [0.3, 0.4) is 0 Å². The molecular formula is C42H34O5. The van der Waals surface area contributed by atoms with Crippen molar-refractivity contribution in [2.75, 3.05) is 0 Å². The SMILES string of the molecule is Cc1ccc(Oc2ccc(C(=O)c3cccc(C(=O)c4ccc(Oc5ccc(C(C)(C)c6ccc(O)cc6)cc5)cc4)c3)cc2)cc1. The summed E-state index contributed by atoms with van der Waals surface area (Å²) in [6.07, 6.45) is 0. The van der Waals surface area contributed by atoms with E-state index in [1.165, 1.54) is 0 Å². The Morgan fingerprint density at radius 2 is 0.851 bits per heavy atom. The molecule has 0 bridgehead atoms. The summed E-state index contributed by atoms with van der Waals surface area (Å²) in [5, 5.41) is 9.64. The van der Waals surface area contributed by atoms with Crippen molar-refractivity contribution in [3.63, 3.8) is 0 Å². The highest BCUT2D eigenvalue weighted by atomic mass is 16.5. The zero-order chi connectivity index (χ0) is 33.0. The molecule has 0 saturated carbocycles. The van der Waals surface area contributed by atoms with Crippen LogP contribution in [0.2, 0.25) is 0 Å². The van der Waals surface area contributed by atoms with Crippen LogP contribution in [-0.4, -0.2) is 16.7 Å². The topological polar surface area (TPSA) is 72.8 Å². The van der Waals surface area contributed by atoms with Gasteiger partial charge in [0, 0.05) is 27.7 Å². The summed E-state index contributed by atoms with van der Waals surface area (Å²) in [5.41, 5.74) is 4.96. The number of aryl methyl sites for hydroxylation is 1. The number of carbonyl (C=O) groups excluding carboxylic acids is 2. The molecular weight excluding hydrogens is 584 g/mol. The van der Waals surface area contributed by atoms with Crippen LogP contribution in [0.1, 0.15) is 62.4 Å². The first-order valence-corrected chi connectivity index (χ1v) is 15.4. The molecule has 0 unspecified atom stereocenters. The van der Waals surface area contributed by atoms with Gasteiger partial charge in [0.1, 0.15) is 28.7 Å². The minimum absolute atomic E-state index is 0.178. The molecule has 0 spiro atoms. The highest BCUT2D eigenvalue weighted by Gasteiger charge is 2.23. The van der Waals surface area contributed by atoms with Crippen molar-refractivity contribution < 1.29 is 24.2 Å². The summed E-state index contributed by atoms with van der Waals surface area (Å²) in [6.45, 7) is 6.29. The van der Waals surface area contributed by atoms with E-state index < -0.39 is 0 Å². The van der Waals surface area contributed by atoms with E-state index in [9.17, 15) is 14.7 Å². The molecule has 0 aliphatic rings. The van der Waals surface area contributed by atoms with Gasteiger partial charge in [-0.2, -0.15) is 0 Å². The van der Waals surface area contributed by atoms with E-state index in [2.05, 4.69) is 13.8 Å². The lowest BCUT2D eigenvalue weighted by Crippen LogP contribution is -2.18. The molecule has 6 rings (SSSR count). The third kappa shape index (κ3) is 7.15. The molecule has 6 aromatic carbocycles. The second-order valence-corrected chi connectivity index (χ2v) is 12.0. The van der Waals surface area contributed by atoms with Crippen molar-refractivity contribution in [2.45, 2.75) is 26.2 Å². The van der Waals surface area contributed by atoms with Crippen molar-refractivity contribution in [1.29, 1.82) is 0 Å². The quantitative estimate of drug-likeness (QED) is 0.155. The molecule has 0 fully saturated rings. The lowest BCUT2D eigenvalue weighted by atomic mass is 9.78. The molecule has 232 valence electrons. The Hall–Kier alpha value is -5.94. The number of rotatable bonds is 10. The number of phenolic OH excluding ortho intramolecular Hbond substituents is 1. The Kier molecular flexibility index (Phi) is 8.72. The fraction of sp³-hybridized carbons (Fsp3) is 0.0952. The average molecular weight is 619 g/mol. The normalized spacial score (nSPS) is 11.1. The van der Waals surface area contributed by atoms with Gasteiger partial charge in [0.15, 0.2) is 11.6 Å². The maximum absolute atomic E-state index is 13.4. The van der Waals surface area contributed by atoms with Gasteiger partial charge >= 0.3 is 0 Å². The summed E-state index contributed by atoms with van der Waals surface area (Å²) in [6, 6.07) is 43.6. The van der Waals surface area contributed by atoms with Crippen molar-refractivity contribution in [1.82, 2.24) is 0 Å². The molecule has 47 heavy (non-hydrogen) atoms. The van der Waals surface area contributed by atoms with Gasteiger partial charge < -0.3 is 14.6 Å². The summed E-state index contributed by atoms with van der Waals surface area (Å²) in [7, 11) is 0. The Morgan fingerprint density at radius 1 is 0.489 bits per heavy atom. The van der Waals surface area contributed by atoms with Gasteiger partial charge in [-0.3, -0.25) is 9.59 Å². The summed E-state index contributed by atoms with van der Waals surface area (Å²) in [4.78, 5) is 26.6. The van der Waals surface area contributed by atoms with E-state index >= 15 is 0 Å². The number of carbonyl (C=O) groups is 2. The molecule has 5 nitrogen and oxygen atoms in total. The van der Waals surface area contributed by atoms with Crippen LogP contribution < -0.4 is 9.47 Å². The predicted molar refractivity (Wildman–Crippen MR) is 184 cm³/mol. The number of hydrogen-bond donors (Lipinski definition) is 1. The number of ether oxygens (including phenoxy) is 2. The Balaban J connectivity index is 1.09. The average Bonchev–Trinajstić information content (AvgIpc) is 3.10. The monoisotopic (exact) mass is 618 g/mol. The van der Waals surface area contributed by atoms with Crippen LogP contribution >= 0.6 is 0 Å². The van der Waals surface area contributed by atoms with Gasteiger partial charge in [0.2, 0.25) is 0 Å². The van der Waals surface area contributed by atoms with E-state index in [0.717, 1.165) is 22.4 Å². The molecule has 6 aromatic rings. The Morgan fingerprint density at radius 3 is 1.28 bits per heavy atom. The Bertz CT molecular complexity index is 2010. The van der Waals surface area contributed by atoms with Crippen LogP contribution in [-0.2, 0) is 5.41 Å². The second kappa shape index (κ2) is 13.2. The molecule has 0 atom stereocenters. The van der Waals surface area contributed by atoms with Crippen LogP contribution in [0.5, 0.6) is 28.7 Å². The molecule has 0 heterocycles. The van der Waals surface area contributed by atoms with E-state index in [-0.39, 0.29) is 22.7 Å². The lowest BCUT2D eigenvalue weighted by molar-refractivity contribution is 0.103. The summed E-state index contributed by atoms with van der Waals surface area (Å²) < 4.78 is 11.9. The first-order chi connectivity index (χ1) is 22.7. The lowest BCUT2D eigenvalue weighted by Gasteiger charge is -2.26. The zero-order valence-corrected chi connectivity index (χ0v) is 26.4. The van der Waals surface area contributed by atoms with Gasteiger partial charge in [-0.05, 0) is 109 Å². The van der Waals surface area contributed by atoms with Crippen LogP contribution in [0.25, 0.3) is 0 Å². The minimum Gasteiger partial charge on any atom is -0.508 e. The van der Waals surface area contributed by atoms with Gasteiger partial charge in [0.05, 0.1) is 0 Å². The number of benzene rings is 6. The standard InChI is InChI=1S/C42H34O5/c1-28-7-19-36(20-8-28)46-37-21-9-29(10-22-37)40(44)31-5-4-6-32(27-31)41(45)30-11-23-38(24-12-30)47-39-25-15-34(16-26-39)42(2,3)33-13-17-35(43)18-14-33/h4-27,43H,1-3H3. The predicted octanol–water partition coefficient (Wildman–Crippen LogP) is 10.1. The number of phenols is 1. The summed E-state index contributed by atoms with van der Waals surface area (Å²) in [5.74, 6) is 2.51. The number of aromatic hydroxyl groups is 1. The van der Waals surface area contributed by atoms with Gasteiger partial charge in [-0.1, -0.05) is 74.0 Å².